The number of piperidine rings is 1. The molecule has 0 bridgehead atoms. The zero-order valence-corrected chi connectivity index (χ0v) is 10.8. The van der Waals surface area contributed by atoms with Gasteiger partial charge in [0.25, 0.3) is 0 Å². The van der Waals surface area contributed by atoms with Gasteiger partial charge in [0.2, 0.25) is 5.95 Å². The van der Waals surface area contributed by atoms with E-state index in [9.17, 15) is 0 Å². The Hall–Kier alpha value is -1.16. The molecule has 1 fully saturated rings. The molecular formula is C13H22N4. The molecule has 4 nitrogen and oxygen atoms in total. The van der Waals surface area contributed by atoms with Crippen LogP contribution in [0.1, 0.15) is 26.7 Å². The van der Waals surface area contributed by atoms with Crippen LogP contribution in [0, 0.1) is 5.92 Å². The summed E-state index contributed by atoms with van der Waals surface area (Å²) in [5, 5.41) is 3.52. The topological polar surface area (TPSA) is 41.0 Å². The van der Waals surface area contributed by atoms with Crippen LogP contribution in [0.2, 0.25) is 0 Å². The van der Waals surface area contributed by atoms with E-state index >= 15 is 0 Å². The largest absolute Gasteiger partial charge is 0.341 e. The van der Waals surface area contributed by atoms with Gasteiger partial charge in [-0.05, 0) is 31.4 Å². The van der Waals surface area contributed by atoms with Gasteiger partial charge in [-0.15, -0.1) is 0 Å². The SMILES string of the molecule is CC(C)NCC1CCN(c2ncccn2)CC1. The highest BCUT2D eigenvalue weighted by molar-refractivity contribution is 5.28. The highest BCUT2D eigenvalue weighted by Crippen LogP contribution is 2.19. The van der Waals surface area contributed by atoms with Crippen molar-refractivity contribution in [2.75, 3.05) is 24.5 Å². The first kappa shape index (κ1) is 12.3. The average molecular weight is 234 g/mol. The van der Waals surface area contributed by atoms with Crippen LogP contribution in [-0.2, 0) is 0 Å². The van der Waals surface area contributed by atoms with Gasteiger partial charge < -0.3 is 10.2 Å². The van der Waals surface area contributed by atoms with Gasteiger partial charge in [-0.25, -0.2) is 9.97 Å². The fourth-order valence-corrected chi connectivity index (χ4v) is 2.19. The number of nitrogens with zero attached hydrogens (tertiary/aromatic N) is 3. The van der Waals surface area contributed by atoms with Crippen molar-refractivity contribution in [3.05, 3.63) is 18.5 Å². The number of hydrogen-bond donors (Lipinski definition) is 1. The molecule has 0 aliphatic carbocycles. The molecule has 1 aliphatic rings. The maximum atomic E-state index is 4.30. The van der Waals surface area contributed by atoms with Crippen LogP contribution in [0.4, 0.5) is 5.95 Å². The fourth-order valence-electron chi connectivity index (χ4n) is 2.19. The Bertz CT molecular complexity index is 317. The molecule has 0 aromatic carbocycles. The second-order valence-corrected chi connectivity index (χ2v) is 5.04. The fraction of sp³-hybridized carbons (Fsp3) is 0.692. The number of anilines is 1. The Morgan fingerprint density at radius 2 is 1.94 bits per heavy atom. The molecule has 1 N–H and O–H groups in total. The number of hydrogen-bond acceptors (Lipinski definition) is 4. The molecule has 94 valence electrons. The van der Waals surface area contributed by atoms with Crippen molar-refractivity contribution in [2.45, 2.75) is 32.7 Å². The van der Waals surface area contributed by atoms with Gasteiger partial charge in [0.1, 0.15) is 0 Å². The number of nitrogens with one attached hydrogen (secondary N) is 1. The summed E-state index contributed by atoms with van der Waals surface area (Å²) < 4.78 is 0. The molecule has 0 unspecified atom stereocenters. The summed E-state index contributed by atoms with van der Waals surface area (Å²) in [6, 6.07) is 2.45. The van der Waals surface area contributed by atoms with E-state index in [0.717, 1.165) is 31.5 Å². The van der Waals surface area contributed by atoms with Gasteiger partial charge >= 0.3 is 0 Å². The highest BCUT2D eigenvalue weighted by atomic mass is 15.2. The molecule has 1 aliphatic heterocycles. The zero-order chi connectivity index (χ0) is 12.1. The summed E-state index contributed by atoms with van der Waals surface area (Å²) in [7, 11) is 0. The van der Waals surface area contributed by atoms with Crippen LogP contribution in [-0.4, -0.2) is 35.6 Å². The van der Waals surface area contributed by atoms with Crippen molar-refractivity contribution >= 4 is 5.95 Å². The maximum Gasteiger partial charge on any atom is 0.225 e. The molecule has 1 saturated heterocycles. The lowest BCUT2D eigenvalue weighted by atomic mass is 9.97. The number of aromatic nitrogens is 2. The van der Waals surface area contributed by atoms with E-state index in [4.69, 9.17) is 0 Å². The molecule has 0 radical (unpaired) electrons. The quantitative estimate of drug-likeness (QED) is 0.861. The zero-order valence-electron chi connectivity index (χ0n) is 10.8. The minimum atomic E-state index is 0.588. The Morgan fingerprint density at radius 1 is 1.29 bits per heavy atom. The summed E-state index contributed by atoms with van der Waals surface area (Å²) in [4.78, 5) is 10.9. The van der Waals surface area contributed by atoms with Crippen LogP contribution in [0.3, 0.4) is 0 Å². The van der Waals surface area contributed by atoms with Crippen LogP contribution < -0.4 is 10.2 Å². The molecule has 4 heteroatoms. The van der Waals surface area contributed by atoms with Crippen LogP contribution in [0.5, 0.6) is 0 Å². The molecule has 1 aromatic rings. The van der Waals surface area contributed by atoms with E-state index in [1.807, 2.05) is 18.5 Å². The van der Waals surface area contributed by atoms with E-state index in [0.29, 0.717) is 6.04 Å². The molecule has 0 atom stereocenters. The summed E-state index contributed by atoms with van der Waals surface area (Å²) in [6.45, 7) is 7.70. The molecular weight excluding hydrogens is 212 g/mol. The minimum Gasteiger partial charge on any atom is -0.341 e. The van der Waals surface area contributed by atoms with Crippen molar-refractivity contribution in [3.8, 4) is 0 Å². The van der Waals surface area contributed by atoms with Crippen molar-refractivity contribution < 1.29 is 0 Å². The highest BCUT2D eigenvalue weighted by Gasteiger charge is 2.20. The van der Waals surface area contributed by atoms with Gasteiger partial charge in [-0.3, -0.25) is 0 Å². The average Bonchev–Trinajstić information content (AvgIpc) is 2.38. The van der Waals surface area contributed by atoms with Crippen LogP contribution in [0.15, 0.2) is 18.5 Å². The summed E-state index contributed by atoms with van der Waals surface area (Å²) in [6.07, 6.45) is 6.10. The molecule has 17 heavy (non-hydrogen) atoms. The van der Waals surface area contributed by atoms with Crippen LogP contribution >= 0.6 is 0 Å². The lowest BCUT2D eigenvalue weighted by Crippen LogP contribution is -2.39. The summed E-state index contributed by atoms with van der Waals surface area (Å²) >= 11 is 0. The van der Waals surface area contributed by atoms with Gasteiger partial charge in [0, 0.05) is 31.5 Å². The molecule has 0 amide bonds. The monoisotopic (exact) mass is 234 g/mol. The Morgan fingerprint density at radius 3 is 2.53 bits per heavy atom. The number of rotatable bonds is 4. The van der Waals surface area contributed by atoms with E-state index in [2.05, 4.69) is 34.0 Å². The van der Waals surface area contributed by atoms with Crippen molar-refractivity contribution in [1.82, 2.24) is 15.3 Å². The molecule has 2 rings (SSSR count). The molecule has 1 aromatic heterocycles. The van der Waals surface area contributed by atoms with Crippen LogP contribution in [0.25, 0.3) is 0 Å². The third-order valence-electron chi connectivity index (χ3n) is 3.26. The second-order valence-electron chi connectivity index (χ2n) is 5.04. The van der Waals surface area contributed by atoms with Gasteiger partial charge in [-0.1, -0.05) is 13.8 Å². The third kappa shape index (κ3) is 3.66. The standard InChI is InChI=1S/C13H22N4/c1-11(2)16-10-12-4-8-17(9-5-12)13-14-6-3-7-15-13/h3,6-7,11-12,16H,4-5,8-10H2,1-2H3. The summed E-state index contributed by atoms with van der Waals surface area (Å²) in [5.74, 6) is 1.68. The molecule has 2 heterocycles. The van der Waals surface area contributed by atoms with Gasteiger partial charge in [0.05, 0.1) is 0 Å². The predicted molar refractivity (Wildman–Crippen MR) is 70.1 cm³/mol. The Balaban J connectivity index is 1.78. The van der Waals surface area contributed by atoms with Crippen molar-refractivity contribution in [3.63, 3.8) is 0 Å². The predicted octanol–water partition coefficient (Wildman–Crippen LogP) is 1.69. The van der Waals surface area contributed by atoms with Gasteiger partial charge in [-0.2, -0.15) is 0 Å². The molecule has 0 saturated carbocycles. The lowest BCUT2D eigenvalue weighted by molar-refractivity contribution is 0.368. The lowest BCUT2D eigenvalue weighted by Gasteiger charge is -2.32. The van der Waals surface area contributed by atoms with Crippen molar-refractivity contribution in [1.29, 1.82) is 0 Å². The van der Waals surface area contributed by atoms with E-state index in [1.54, 1.807) is 0 Å². The van der Waals surface area contributed by atoms with E-state index in [-0.39, 0.29) is 0 Å². The minimum absolute atomic E-state index is 0.588. The maximum absolute atomic E-state index is 4.30. The van der Waals surface area contributed by atoms with E-state index < -0.39 is 0 Å². The Labute approximate surface area is 103 Å². The van der Waals surface area contributed by atoms with Gasteiger partial charge in [0.15, 0.2) is 0 Å². The third-order valence-corrected chi connectivity index (χ3v) is 3.26. The smallest absolute Gasteiger partial charge is 0.225 e. The van der Waals surface area contributed by atoms with Crippen molar-refractivity contribution in [2.24, 2.45) is 5.92 Å². The first-order valence-electron chi connectivity index (χ1n) is 6.51. The normalized spacial score (nSPS) is 17.7. The first-order valence-corrected chi connectivity index (χ1v) is 6.51. The Kier molecular flexibility index (Phi) is 4.31. The van der Waals surface area contributed by atoms with E-state index in [1.165, 1.54) is 12.8 Å². The summed E-state index contributed by atoms with van der Waals surface area (Å²) in [5.41, 5.74) is 0. The second kappa shape index (κ2) is 5.96. The first-order chi connectivity index (χ1) is 8.25. The molecule has 0 spiro atoms.